The zero-order valence-electron chi connectivity index (χ0n) is 13.8. The van der Waals surface area contributed by atoms with Gasteiger partial charge in [0.05, 0.1) is 12.1 Å². The van der Waals surface area contributed by atoms with Crippen molar-refractivity contribution in [2.24, 2.45) is 0 Å². The molecule has 1 amide bonds. The Bertz CT molecular complexity index is 625. The molecule has 0 saturated heterocycles. The quantitative estimate of drug-likeness (QED) is 0.714. The number of nitrogens with zero attached hydrogens (tertiary/aromatic N) is 3. The van der Waals surface area contributed by atoms with Crippen LogP contribution in [0.4, 0.5) is 10.3 Å². The topological polar surface area (TPSA) is 79.8 Å². The number of thiazole rings is 1. The van der Waals surface area contributed by atoms with E-state index in [1.165, 1.54) is 35.5 Å². The Balaban J connectivity index is 1.91. The molecule has 8 heteroatoms. The smallest absolute Gasteiger partial charge is 0.232 e. The van der Waals surface area contributed by atoms with E-state index in [1.807, 2.05) is 12.4 Å². The molecule has 126 valence electrons. The zero-order chi connectivity index (χ0) is 16.7. The van der Waals surface area contributed by atoms with Gasteiger partial charge in [0.15, 0.2) is 5.13 Å². The predicted molar refractivity (Wildman–Crippen MR) is 96.5 cm³/mol. The molecule has 2 aromatic rings. The number of aromatic nitrogens is 3. The van der Waals surface area contributed by atoms with Crippen LogP contribution in [-0.4, -0.2) is 28.1 Å². The minimum Gasteiger partial charge on any atom is -0.365 e. The Labute approximate surface area is 144 Å². The standard InChI is InChI=1S/C15H23N5OS2/c1-4-6-7-10(5-2)13-19-20-15(23-13)18-12(21)8-11-9-22-14(16-3)17-11/h9-10H,4-8H2,1-3H3,(H,16,17)(H,18,20,21). The molecule has 0 bridgehead atoms. The highest BCUT2D eigenvalue weighted by molar-refractivity contribution is 7.15. The molecular formula is C15H23N5OS2. The minimum atomic E-state index is -0.109. The van der Waals surface area contributed by atoms with Crippen LogP contribution in [-0.2, 0) is 11.2 Å². The minimum absolute atomic E-state index is 0.109. The SMILES string of the molecule is CCCCC(CC)c1nnc(NC(=O)Cc2csc(NC)n2)s1. The number of amides is 1. The van der Waals surface area contributed by atoms with Gasteiger partial charge < -0.3 is 10.6 Å². The first-order chi connectivity index (χ1) is 11.2. The van der Waals surface area contributed by atoms with Crippen LogP contribution in [0.3, 0.4) is 0 Å². The molecule has 0 aliphatic heterocycles. The molecule has 0 aliphatic rings. The lowest BCUT2D eigenvalue weighted by Gasteiger charge is -2.09. The van der Waals surface area contributed by atoms with Crippen molar-refractivity contribution in [3.63, 3.8) is 0 Å². The monoisotopic (exact) mass is 353 g/mol. The first kappa shape index (κ1) is 17.8. The molecule has 2 rings (SSSR count). The predicted octanol–water partition coefficient (Wildman–Crippen LogP) is 3.90. The largest absolute Gasteiger partial charge is 0.365 e. The third-order valence-electron chi connectivity index (χ3n) is 3.54. The molecule has 2 aromatic heterocycles. The van der Waals surface area contributed by atoms with Crippen molar-refractivity contribution in [2.45, 2.75) is 51.9 Å². The van der Waals surface area contributed by atoms with Gasteiger partial charge in [-0.3, -0.25) is 4.79 Å². The van der Waals surface area contributed by atoms with Crippen molar-refractivity contribution >= 4 is 38.8 Å². The Morgan fingerprint density at radius 2 is 2.13 bits per heavy atom. The van der Waals surface area contributed by atoms with E-state index >= 15 is 0 Å². The molecule has 1 atom stereocenters. The molecule has 2 N–H and O–H groups in total. The first-order valence-electron chi connectivity index (χ1n) is 7.91. The molecule has 0 radical (unpaired) electrons. The number of unbranched alkanes of at least 4 members (excludes halogenated alkanes) is 1. The van der Waals surface area contributed by atoms with Gasteiger partial charge in [-0.05, 0) is 12.8 Å². The summed E-state index contributed by atoms with van der Waals surface area (Å²) >= 11 is 2.97. The summed E-state index contributed by atoms with van der Waals surface area (Å²) in [7, 11) is 1.81. The fraction of sp³-hybridized carbons (Fsp3) is 0.600. The third kappa shape index (κ3) is 5.24. The second-order valence-corrected chi connectivity index (χ2v) is 7.18. The summed E-state index contributed by atoms with van der Waals surface area (Å²) in [6.45, 7) is 4.36. The van der Waals surface area contributed by atoms with E-state index < -0.39 is 0 Å². The summed E-state index contributed by atoms with van der Waals surface area (Å²) in [5.41, 5.74) is 0.760. The van der Waals surface area contributed by atoms with Crippen molar-refractivity contribution in [1.82, 2.24) is 15.2 Å². The number of anilines is 2. The van der Waals surface area contributed by atoms with E-state index in [9.17, 15) is 4.79 Å². The fourth-order valence-corrected chi connectivity index (χ4v) is 3.88. The lowest BCUT2D eigenvalue weighted by atomic mass is 10.0. The van der Waals surface area contributed by atoms with E-state index in [1.54, 1.807) is 0 Å². The van der Waals surface area contributed by atoms with Crippen LogP contribution in [0, 0.1) is 0 Å². The summed E-state index contributed by atoms with van der Waals surface area (Å²) in [5, 5.41) is 18.4. The van der Waals surface area contributed by atoms with Crippen LogP contribution >= 0.6 is 22.7 Å². The van der Waals surface area contributed by atoms with Gasteiger partial charge in [-0.15, -0.1) is 21.5 Å². The molecule has 0 spiro atoms. The average molecular weight is 354 g/mol. The molecule has 6 nitrogen and oxygen atoms in total. The van der Waals surface area contributed by atoms with Gasteiger partial charge in [0.2, 0.25) is 11.0 Å². The van der Waals surface area contributed by atoms with E-state index in [4.69, 9.17) is 0 Å². The lowest BCUT2D eigenvalue weighted by Crippen LogP contribution is -2.14. The number of hydrogen-bond acceptors (Lipinski definition) is 7. The normalized spacial score (nSPS) is 12.1. The molecule has 2 heterocycles. The van der Waals surface area contributed by atoms with Crippen LogP contribution in [0.2, 0.25) is 0 Å². The molecule has 23 heavy (non-hydrogen) atoms. The van der Waals surface area contributed by atoms with Gasteiger partial charge in [0.1, 0.15) is 5.01 Å². The number of rotatable bonds is 9. The van der Waals surface area contributed by atoms with Gasteiger partial charge in [0, 0.05) is 18.3 Å². The van der Waals surface area contributed by atoms with Gasteiger partial charge in [-0.1, -0.05) is 38.0 Å². The number of carbonyl (C=O) groups is 1. The van der Waals surface area contributed by atoms with Crippen molar-refractivity contribution < 1.29 is 4.79 Å². The van der Waals surface area contributed by atoms with E-state index in [2.05, 4.69) is 39.7 Å². The van der Waals surface area contributed by atoms with E-state index in [0.717, 1.165) is 28.7 Å². The van der Waals surface area contributed by atoms with Gasteiger partial charge in [-0.25, -0.2) is 4.98 Å². The Morgan fingerprint density at radius 1 is 1.30 bits per heavy atom. The van der Waals surface area contributed by atoms with Crippen molar-refractivity contribution in [1.29, 1.82) is 0 Å². The Morgan fingerprint density at radius 3 is 2.78 bits per heavy atom. The number of nitrogens with one attached hydrogen (secondary N) is 2. The average Bonchev–Trinajstić information content (AvgIpc) is 3.17. The number of hydrogen-bond donors (Lipinski definition) is 2. The fourth-order valence-electron chi connectivity index (χ4n) is 2.23. The maximum Gasteiger partial charge on any atom is 0.232 e. The maximum absolute atomic E-state index is 12.1. The molecule has 1 unspecified atom stereocenters. The molecule has 0 aliphatic carbocycles. The molecule has 0 aromatic carbocycles. The van der Waals surface area contributed by atoms with Gasteiger partial charge >= 0.3 is 0 Å². The second kappa shape index (κ2) is 8.93. The van der Waals surface area contributed by atoms with Crippen LogP contribution in [0.15, 0.2) is 5.38 Å². The highest BCUT2D eigenvalue weighted by atomic mass is 32.1. The highest BCUT2D eigenvalue weighted by Crippen LogP contribution is 2.29. The molecule has 0 fully saturated rings. The molecular weight excluding hydrogens is 330 g/mol. The number of carbonyl (C=O) groups excluding carboxylic acids is 1. The van der Waals surface area contributed by atoms with Gasteiger partial charge in [0.25, 0.3) is 0 Å². The maximum atomic E-state index is 12.1. The van der Waals surface area contributed by atoms with E-state index in [0.29, 0.717) is 11.0 Å². The van der Waals surface area contributed by atoms with Crippen LogP contribution in [0.1, 0.15) is 56.2 Å². The third-order valence-corrected chi connectivity index (χ3v) is 5.45. The Hall–Kier alpha value is -1.54. The summed E-state index contributed by atoms with van der Waals surface area (Å²) in [6.07, 6.45) is 4.80. The van der Waals surface area contributed by atoms with Crippen LogP contribution < -0.4 is 10.6 Å². The Kier molecular flexibility index (Phi) is 6.91. The van der Waals surface area contributed by atoms with Gasteiger partial charge in [-0.2, -0.15) is 0 Å². The second-order valence-electron chi connectivity index (χ2n) is 5.31. The van der Waals surface area contributed by atoms with Crippen molar-refractivity contribution in [3.05, 3.63) is 16.1 Å². The van der Waals surface area contributed by atoms with E-state index in [-0.39, 0.29) is 12.3 Å². The summed E-state index contributed by atoms with van der Waals surface area (Å²) in [4.78, 5) is 16.4. The summed E-state index contributed by atoms with van der Waals surface area (Å²) in [5.74, 6) is 0.331. The highest BCUT2D eigenvalue weighted by Gasteiger charge is 2.16. The van der Waals surface area contributed by atoms with Crippen molar-refractivity contribution in [3.8, 4) is 0 Å². The van der Waals surface area contributed by atoms with Crippen molar-refractivity contribution in [2.75, 3.05) is 17.7 Å². The molecule has 0 saturated carbocycles. The first-order valence-corrected chi connectivity index (χ1v) is 9.61. The zero-order valence-corrected chi connectivity index (χ0v) is 15.4. The summed E-state index contributed by atoms with van der Waals surface area (Å²) < 4.78 is 0. The lowest BCUT2D eigenvalue weighted by molar-refractivity contribution is -0.115. The van der Waals surface area contributed by atoms with Crippen LogP contribution in [0.25, 0.3) is 0 Å². The van der Waals surface area contributed by atoms with Crippen LogP contribution in [0.5, 0.6) is 0 Å². The summed E-state index contributed by atoms with van der Waals surface area (Å²) in [6, 6.07) is 0.